The highest BCUT2D eigenvalue weighted by atomic mass is 15.1. The van der Waals surface area contributed by atoms with Crippen LogP contribution in [0, 0.1) is 0 Å². The van der Waals surface area contributed by atoms with Crippen molar-refractivity contribution in [2.75, 3.05) is 0 Å². The van der Waals surface area contributed by atoms with E-state index in [1.165, 1.54) is 103 Å². The van der Waals surface area contributed by atoms with Gasteiger partial charge in [0.1, 0.15) is 12.4 Å². The highest BCUT2D eigenvalue weighted by molar-refractivity contribution is 4.84. The number of aryl methyl sites for hydroxylation is 2. The molecule has 2 nitrogen and oxygen atoms in total. The zero-order chi connectivity index (χ0) is 17.5. The van der Waals surface area contributed by atoms with E-state index in [1.807, 2.05) is 0 Å². The zero-order valence-corrected chi connectivity index (χ0v) is 16.9. The van der Waals surface area contributed by atoms with Crippen LogP contribution in [0.4, 0.5) is 0 Å². The maximum Gasteiger partial charge on any atom is 0.256 e. The first-order valence-corrected chi connectivity index (χ1v) is 10.9. The monoisotopic (exact) mass is 335 g/mol. The quantitative estimate of drug-likeness (QED) is 0.242. The SMILES string of the molecule is CCCCCCCC[n+]1ccn(CCCC)c1CCCCCCC. The van der Waals surface area contributed by atoms with Crippen LogP contribution in [0.2, 0.25) is 0 Å². The van der Waals surface area contributed by atoms with Crippen LogP contribution in [0.1, 0.15) is 110 Å². The molecule has 0 unspecified atom stereocenters. The van der Waals surface area contributed by atoms with E-state index in [0.29, 0.717) is 0 Å². The van der Waals surface area contributed by atoms with Crippen molar-refractivity contribution in [3.05, 3.63) is 18.2 Å². The zero-order valence-electron chi connectivity index (χ0n) is 16.9. The molecule has 1 heterocycles. The predicted molar refractivity (Wildman–Crippen MR) is 105 cm³/mol. The van der Waals surface area contributed by atoms with Crippen molar-refractivity contribution < 1.29 is 4.57 Å². The third-order valence-corrected chi connectivity index (χ3v) is 5.10. The normalized spacial score (nSPS) is 11.3. The first kappa shape index (κ1) is 21.3. The summed E-state index contributed by atoms with van der Waals surface area (Å²) >= 11 is 0. The van der Waals surface area contributed by atoms with Gasteiger partial charge in [-0.3, -0.25) is 0 Å². The maximum absolute atomic E-state index is 2.55. The van der Waals surface area contributed by atoms with Crippen LogP contribution in [0.25, 0.3) is 0 Å². The Hall–Kier alpha value is -0.790. The number of hydrogen-bond acceptors (Lipinski definition) is 0. The Morgan fingerprint density at radius 1 is 0.708 bits per heavy atom. The minimum Gasteiger partial charge on any atom is -0.234 e. The molecule has 1 aromatic rings. The van der Waals surface area contributed by atoms with Crippen molar-refractivity contribution in [3.8, 4) is 0 Å². The van der Waals surface area contributed by atoms with Crippen LogP contribution >= 0.6 is 0 Å². The molecule has 0 saturated carbocycles. The van der Waals surface area contributed by atoms with Crippen molar-refractivity contribution in [2.24, 2.45) is 0 Å². The van der Waals surface area contributed by atoms with E-state index in [9.17, 15) is 0 Å². The molecule has 0 aliphatic heterocycles. The molecule has 0 saturated heterocycles. The fraction of sp³-hybridized carbons (Fsp3) is 0.864. The Labute approximate surface area is 151 Å². The van der Waals surface area contributed by atoms with Crippen molar-refractivity contribution >= 4 is 0 Å². The molecule has 0 fully saturated rings. The number of hydrogen-bond donors (Lipinski definition) is 0. The summed E-state index contributed by atoms with van der Waals surface area (Å²) in [6.45, 7) is 9.30. The van der Waals surface area contributed by atoms with Gasteiger partial charge < -0.3 is 0 Å². The standard InChI is InChI=1S/C22H43N2/c1-4-7-10-12-14-16-19-24-21-20-23(18-9-6-3)22(24)17-15-13-11-8-5-2/h20-21H,4-19H2,1-3H3/q+1. The summed E-state index contributed by atoms with van der Waals surface area (Å²) in [7, 11) is 0. The smallest absolute Gasteiger partial charge is 0.234 e. The summed E-state index contributed by atoms with van der Waals surface area (Å²) < 4.78 is 5.08. The van der Waals surface area contributed by atoms with Gasteiger partial charge >= 0.3 is 0 Å². The lowest BCUT2D eigenvalue weighted by molar-refractivity contribution is -0.704. The second kappa shape index (κ2) is 14.5. The lowest BCUT2D eigenvalue weighted by Crippen LogP contribution is -2.37. The summed E-state index contributed by atoms with van der Waals surface area (Å²) in [5.41, 5.74) is 0. The van der Waals surface area contributed by atoms with Crippen LogP contribution < -0.4 is 4.57 Å². The Bertz CT molecular complexity index is 395. The van der Waals surface area contributed by atoms with Crippen molar-refractivity contribution in [2.45, 2.75) is 124 Å². The van der Waals surface area contributed by atoms with Crippen LogP contribution in [-0.4, -0.2) is 4.57 Å². The summed E-state index contributed by atoms with van der Waals surface area (Å²) in [5, 5.41) is 0. The van der Waals surface area contributed by atoms with Gasteiger partial charge in [0.05, 0.1) is 13.1 Å². The Morgan fingerprint density at radius 3 is 1.96 bits per heavy atom. The molecule has 0 N–H and O–H groups in total. The van der Waals surface area contributed by atoms with Crippen molar-refractivity contribution in [1.29, 1.82) is 0 Å². The molecule has 0 atom stereocenters. The fourth-order valence-electron chi connectivity index (χ4n) is 3.47. The Morgan fingerprint density at radius 2 is 1.29 bits per heavy atom. The van der Waals surface area contributed by atoms with Gasteiger partial charge in [-0.15, -0.1) is 0 Å². The number of unbranched alkanes of at least 4 members (excludes halogenated alkanes) is 10. The molecule has 0 amide bonds. The third kappa shape index (κ3) is 8.89. The molecule has 0 aromatic carbocycles. The first-order valence-electron chi connectivity index (χ1n) is 10.9. The van der Waals surface area contributed by atoms with E-state index in [0.717, 1.165) is 0 Å². The fourth-order valence-corrected chi connectivity index (χ4v) is 3.47. The molecule has 0 bridgehead atoms. The summed E-state index contributed by atoms with van der Waals surface area (Å²) in [6, 6.07) is 0. The van der Waals surface area contributed by atoms with E-state index >= 15 is 0 Å². The van der Waals surface area contributed by atoms with Gasteiger partial charge in [-0.05, 0) is 25.7 Å². The molecule has 0 radical (unpaired) electrons. The Balaban J connectivity index is 2.44. The minimum atomic E-state index is 1.20. The molecule has 0 spiro atoms. The second-order valence-corrected chi connectivity index (χ2v) is 7.39. The van der Waals surface area contributed by atoms with Gasteiger partial charge in [0, 0.05) is 6.42 Å². The summed E-state index contributed by atoms with van der Waals surface area (Å²) in [6.07, 6.45) is 23.7. The lowest BCUT2D eigenvalue weighted by atomic mass is 10.1. The number of nitrogens with zero attached hydrogens (tertiary/aromatic N) is 2. The minimum absolute atomic E-state index is 1.20. The molecule has 0 aliphatic rings. The van der Waals surface area contributed by atoms with E-state index in [2.05, 4.69) is 42.3 Å². The van der Waals surface area contributed by atoms with Gasteiger partial charge in [-0.1, -0.05) is 78.6 Å². The van der Waals surface area contributed by atoms with E-state index in [4.69, 9.17) is 0 Å². The predicted octanol–water partition coefficient (Wildman–Crippen LogP) is 6.45. The van der Waals surface area contributed by atoms with Gasteiger partial charge in [-0.2, -0.15) is 0 Å². The van der Waals surface area contributed by atoms with Crippen molar-refractivity contribution in [1.82, 2.24) is 4.57 Å². The average molecular weight is 336 g/mol. The highest BCUT2D eigenvalue weighted by Gasteiger charge is 2.16. The van der Waals surface area contributed by atoms with Gasteiger partial charge in [0.15, 0.2) is 0 Å². The summed E-state index contributed by atoms with van der Waals surface area (Å²) in [4.78, 5) is 0. The van der Waals surface area contributed by atoms with E-state index in [1.54, 1.807) is 5.82 Å². The van der Waals surface area contributed by atoms with Crippen LogP contribution in [0.3, 0.4) is 0 Å². The molecular formula is C22H43N2+. The number of imidazole rings is 1. The number of aromatic nitrogens is 2. The number of rotatable bonds is 16. The van der Waals surface area contributed by atoms with Crippen LogP contribution in [-0.2, 0) is 19.5 Å². The molecule has 0 aliphatic carbocycles. The van der Waals surface area contributed by atoms with Gasteiger partial charge in [0.25, 0.3) is 5.82 Å². The van der Waals surface area contributed by atoms with Crippen molar-refractivity contribution in [3.63, 3.8) is 0 Å². The molecule has 2 heteroatoms. The Kier molecular flexibility index (Phi) is 12.9. The first-order chi connectivity index (χ1) is 11.8. The van der Waals surface area contributed by atoms with Crippen LogP contribution in [0.15, 0.2) is 12.4 Å². The average Bonchev–Trinajstić information content (AvgIpc) is 2.98. The third-order valence-electron chi connectivity index (χ3n) is 5.10. The largest absolute Gasteiger partial charge is 0.256 e. The highest BCUT2D eigenvalue weighted by Crippen LogP contribution is 2.10. The molecule has 24 heavy (non-hydrogen) atoms. The van der Waals surface area contributed by atoms with Gasteiger partial charge in [-0.25, -0.2) is 9.13 Å². The molecule has 1 rings (SSSR count). The second-order valence-electron chi connectivity index (χ2n) is 7.39. The maximum atomic E-state index is 2.55. The molecule has 1 aromatic heterocycles. The molecular weight excluding hydrogens is 292 g/mol. The molecule has 140 valence electrons. The van der Waals surface area contributed by atoms with E-state index in [-0.39, 0.29) is 0 Å². The lowest BCUT2D eigenvalue weighted by Gasteiger charge is -2.06. The van der Waals surface area contributed by atoms with Crippen LogP contribution in [0.5, 0.6) is 0 Å². The van der Waals surface area contributed by atoms with E-state index < -0.39 is 0 Å². The van der Waals surface area contributed by atoms with Gasteiger partial charge in [0.2, 0.25) is 0 Å². The topological polar surface area (TPSA) is 8.81 Å². The summed E-state index contributed by atoms with van der Waals surface area (Å²) in [5.74, 6) is 1.58.